The van der Waals surface area contributed by atoms with Crippen LogP contribution in [0.3, 0.4) is 0 Å². The van der Waals surface area contributed by atoms with E-state index in [0.29, 0.717) is 18.8 Å². The van der Waals surface area contributed by atoms with Crippen molar-refractivity contribution in [3.05, 3.63) is 66.2 Å². The second-order valence-corrected chi connectivity index (χ2v) is 7.84. The summed E-state index contributed by atoms with van der Waals surface area (Å²) >= 11 is 0. The molecule has 0 spiro atoms. The predicted octanol–water partition coefficient (Wildman–Crippen LogP) is 3.91. The smallest absolute Gasteiger partial charge is 0.224 e. The van der Waals surface area contributed by atoms with E-state index in [-0.39, 0.29) is 5.91 Å². The lowest BCUT2D eigenvalue weighted by molar-refractivity contribution is -0.116. The molecule has 0 aromatic heterocycles. The van der Waals surface area contributed by atoms with E-state index in [1.807, 2.05) is 60.7 Å². The number of carbonyl (C=O) groups excluding carboxylic acids is 1. The van der Waals surface area contributed by atoms with E-state index in [1.165, 1.54) is 0 Å². The van der Waals surface area contributed by atoms with Gasteiger partial charge in [0, 0.05) is 17.0 Å². The van der Waals surface area contributed by atoms with Crippen LogP contribution in [0.2, 0.25) is 0 Å². The number of aryl methyl sites for hydroxylation is 1. The molecular formula is C21H19NO3S. The Hall–Kier alpha value is -2.66. The van der Waals surface area contributed by atoms with Gasteiger partial charge in [-0.05, 0) is 53.1 Å². The lowest BCUT2D eigenvalue weighted by Crippen LogP contribution is -2.19. The first-order valence-electron chi connectivity index (χ1n) is 8.62. The van der Waals surface area contributed by atoms with Crippen molar-refractivity contribution in [2.24, 2.45) is 0 Å². The minimum absolute atomic E-state index is 0.0527. The number of nitrogens with one attached hydrogen (secondary N) is 1. The van der Waals surface area contributed by atoms with Crippen molar-refractivity contribution in [2.45, 2.75) is 17.7 Å². The molecular weight excluding hydrogens is 346 g/mol. The highest BCUT2D eigenvalue weighted by molar-refractivity contribution is 7.85. The van der Waals surface area contributed by atoms with Gasteiger partial charge >= 0.3 is 0 Å². The number of ether oxygens (including phenoxy) is 1. The number of hydrogen-bond acceptors (Lipinski definition) is 3. The normalized spacial score (nSPS) is 14.5. The Labute approximate surface area is 154 Å². The molecule has 4 nitrogen and oxygen atoms in total. The van der Waals surface area contributed by atoms with E-state index in [0.717, 1.165) is 39.1 Å². The molecule has 1 amide bonds. The fraction of sp³-hybridized carbons (Fsp3) is 0.190. The lowest BCUT2D eigenvalue weighted by atomic mass is 10.0. The molecule has 1 atom stereocenters. The Balaban J connectivity index is 1.38. The molecule has 132 valence electrons. The van der Waals surface area contributed by atoms with Crippen LogP contribution in [0.5, 0.6) is 5.75 Å². The number of anilines is 1. The molecule has 3 aromatic rings. The summed E-state index contributed by atoms with van der Waals surface area (Å²) in [4.78, 5) is 12.2. The van der Waals surface area contributed by atoms with Crippen LogP contribution in [-0.4, -0.2) is 22.5 Å². The molecule has 5 heteroatoms. The van der Waals surface area contributed by atoms with Crippen LogP contribution in [0, 0.1) is 0 Å². The molecule has 1 unspecified atom stereocenters. The average molecular weight is 365 g/mol. The Bertz CT molecular complexity index is 999. The zero-order chi connectivity index (χ0) is 17.9. The average Bonchev–Trinajstić information content (AvgIpc) is 2.67. The first-order valence-corrected chi connectivity index (χ1v) is 9.94. The van der Waals surface area contributed by atoms with Crippen molar-refractivity contribution in [3.63, 3.8) is 0 Å². The van der Waals surface area contributed by atoms with Crippen molar-refractivity contribution in [3.8, 4) is 5.75 Å². The van der Waals surface area contributed by atoms with Gasteiger partial charge in [0.15, 0.2) is 0 Å². The van der Waals surface area contributed by atoms with Crippen LogP contribution in [-0.2, 0) is 22.0 Å². The molecule has 0 fully saturated rings. The number of rotatable bonds is 5. The maximum Gasteiger partial charge on any atom is 0.224 e. The number of amides is 1. The molecule has 0 saturated carbocycles. The molecule has 26 heavy (non-hydrogen) atoms. The maximum atomic E-state index is 12.5. The molecule has 1 aliphatic rings. The van der Waals surface area contributed by atoms with E-state index in [2.05, 4.69) is 5.32 Å². The molecule has 4 rings (SSSR count). The Morgan fingerprint density at radius 1 is 0.962 bits per heavy atom. The van der Waals surface area contributed by atoms with E-state index in [9.17, 15) is 9.00 Å². The van der Waals surface area contributed by atoms with Gasteiger partial charge in [0.2, 0.25) is 5.91 Å². The summed E-state index contributed by atoms with van der Waals surface area (Å²) in [6.45, 7) is 0.380. The summed E-state index contributed by atoms with van der Waals surface area (Å²) < 4.78 is 18.3. The van der Waals surface area contributed by atoms with Crippen molar-refractivity contribution < 1.29 is 13.7 Å². The molecule has 0 bridgehead atoms. The first kappa shape index (κ1) is 16.8. The van der Waals surface area contributed by atoms with Crippen LogP contribution in [0.4, 0.5) is 5.69 Å². The Morgan fingerprint density at radius 2 is 1.81 bits per heavy atom. The molecule has 3 aromatic carbocycles. The van der Waals surface area contributed by atoms with Gasteiger partial charge in [0.25, 0.3) is 0 Å². The van der Waals surface area contributed by atoms with Crippen LogP contribution in [0.15, 0.2) is 65.6 Å². The van der Waals surface area contributed by atoms with Crippen LogP contribution in [0.1, 0.15) is 12.0 Å². The number of hydrogen-bond donors (Lipinski definition) is 1. The van der Waals surface area contributed by atoms with Gasteiger partial charge in [0.05, 0.1) is 16.6 Å². The number of fused-ring (bicyclic) bond motifs is 2. The third-order valence-corrected chi connectivity index (χ3v) is 5.81. The molecule has 0 saturated heterocycles. The van der Waals surface area contributed by atoms with Gasteiger partial charge < -0.3 is 10.1 Å². The van der Waals surface area contributed by atoms with Crippen molar-refractivity contribution in [2.75, 3.05) is 17.7 Å². The Morgan fingerprint density at radius 3 is 2.69 bits per heavy atom. The van der Waals surface area contributed by atoms with Crippen LogP contribution in [0.25, 0.3) is 10.8 Å². The summed E-state index contributed by atoms with van der Waals surface area (Å²) in [7, 11) is -1.10. The predicted molar refractivity (Wildman–Crippen MR) is 104 cm³/mol. The van der Waals surface area contributed by atoms with E-state index in [4.69, 9.17) is 4.74 Å². The van der Waals surface area contributed by atoms with Crippen LogP contribution < -0.4 is 10.1 Å². The third kappa shape index (κ3) is 3.63. The Kier molecular flexibility index (Phi) is 4.71. The highest BCUT2D eigenvalue weighted by Crippen LogP contribution is 2.27. The largest absolute Gasteiger partial charge is 0.493 e. The highest BCUT2D eigenvalue weighted by Gasteiger charge is 2.15. The monoisotopic (exact) mass is 365 g/mol. The SMILES string of the molecule is O=C1CCc2cc(OCCS(=O)c3ccc4ccccc4c3)ccc2N1. The van der Waals surface area contributed by atoms with Gasteiger partial charge in [-0.15, -0.1) is 0 Å². The topological polar surface area (TPSA) is 55.4 Å². The summed E-state index contributed by atoms with van der Waals surface area (Å²) in [5, 5.41) is 5.09. The van der Waals surface area contributed by atoms with Crippen molar-refractivity contribution >= 4 is 33.2 Å². The third-order valence-electron chi connectivity index (χ3n) is 4.49. The standard InChI is InChI=1S/C21H19NO3S/c23-21-10-6-17-13-18(7-9-20(17)22-21)25-11-12-26(24)19-8-5-15-3-1-2-4-16(15)14-19/h1-5,7-9,13-14H,6,10-12H2,(H,22,23). The molecule has 1 N–H and O–H groups in total. The quantitative estimate of drug-likeness (QED) is 0.746. The number of benzene rings is 3. The van der Waals surface area contributed by atoms with Crippen molar-refractivity contribution in [1.29, 1.82) is 0 Å². The van der Waals surface area contributed by atoms with Crippen molar-refractivity contribution in [1.82, 2.24) is 0 Å². The first-order chi connectivity index (χ1) is 12.7. The molecule has 1 heterocycles. The fourth-order valence-corrected chi connectivity index (χ4v) is 4.06. The van der Waals surface area contributed by atoms with Gasteiger partial charge in [-0.25, -0.2) is 0 Å². The summed E-state index contributed by atoms with van der Waals surface area (Å²) in [6, 6.07) is 19.6. The zero-order valence-electron chi connectivity index (χ0n) is 14.2. The summed E-state index contributed by atoms with van der Waals surface area (Å²) in [5.41, 5.74) is 1.94. The minimum atomic E-state index is -1.10. The van der Waals surface area contributed by atoms with Gasteiger partial charge in [-0.2, -0.15) is 0 Å². The maximum absolute atomic E-state index is 12.5. The molecule has 0 radical (unpaired) electrons. The number of carbonyl (C=O) groups is 1. The van der Waals surface area contributed by atoms with Gasteiger partial charge in [0.1, 0.15) is 12.4 Å². The van der Waals surface area contributed by atoms with E-state index >= 15 is 0 Å². The molecule has 1 aliphatic heterocycles. The van der Waals surface area contributed by atoms with E-state index in [1.54, 1.807) is 0 Å². The van der Waals surface area contributed by atoms with Crippen LogP contribution >= 0.6 is 0 Å². The molecule has 0 aliphatic carbocycles. The highest BCUT2D eigenvalue weighted by atomic mass is 32.2. The zero-order valence-corrected chi connectivity index (χ0v) is 15.1. The summed E-state index contributed by atoms with van der Waals surface area (Å²) in [5.74, 6) is 1.24. The van der Waals surface area contributed by atoms with Gasteiger partial charge in [-0.1, -0.05) is 30.3 Å². The lowest BCUT2D eigenvalue weighted by Gasteiger charge is -2.17. The van der Waals surface area contributed by atoms with E-state index < -0.39 is 10.8 Å². The summed E-state index contributed by atoms with van der Waals surface area (Å²) in [6.07, 6.45) is 1.23. The minimum Gasteiger partial charge on any atom is -0.493 e. The second-order valence-electron chi connectivity index (χ2n) is 6.27. The van der Waals surface area contributed by atoms with Gasteiger partial charge in [-0.3, -0.25) is 9.00 Å². The second kappa shape index (κ2) is 7.30. The fourth-order valence-electron chi connectivity index (χ4n) is 3.11.